The zero-order valence-electron chi connectivity index (χ0n) is 17.9. The molecule has 0 radical (unpaired) electrons. The van der Waals surface area contributed by atoms with Crippen molar-refractivity contribution in [3.63, 3.8) is 0 Å². The molecule has 4 rings (SSSR count). The molecule has 168 valence electrons. The summed E-state index contributed by atoms with van der Waals surface area (Å²) in [5.41, 5.74) is 4.01. The molecule has 1 saturated heterocycles. The van der Waals surface area contributed by atoms with E-state index in [1.807, 2.05) is 48.5 Å². The second-order valence-corrected chi connectivity index (χ2v) is 8.30. The van der Waals surface area contributed by atoms with Gasteiger partial charge in [0.15, 0.2) is 11.5 Å². The lowest BCUT2D eigenvalue weighted by Crippen LogP contribution is -2.36. The van der Waals surface area contributed by atoms with Crippen LogP contribution in [0.25, 0.3) is 0 Å². The van der Waals surface area contributed by atoms with Crippen LogP contribution in [0, 0.1) is 0 Å². The van der Waals surface area contributed by atoms with Gasteiger partial charge in [0.25, 0.3) is 0 Å². The average molecular weight is 473 g/mol. The maximum absolute atomic E-state index is 6.54. The maximum Gasteiger partial charge on any atom is 0.161 e. The van der Waals surface area contributed by atoms with Gasteiger partial charge in [0.2, 0.25) is 0 Å². The van der Waals surface area contributed by atoms with Gasteiger partial charge in [-0.2, -0.15) is 0 Å². The molecular formula is C25H26Cl2N2O3. The number of hydrogen-bond acceptors (Lipinski definition) is 5. The Morgan fingerprint density at radius 1 is 0.938 bits per heavy atom. The van der Waals surface area contributed by atoms with Gasteiger partial charge in [0.1, 0.15) is 6.61 Å². The van der Waals surface area contributed by atoms with E-state index >= 15 is 0 Å². The molecule has 0 aliphatic carbocycles. The molecule has 1 fully saturated rings. The number of nitrogens with zero attached hydrogens (tertiary/aromatic N) is 1. The lowest BCUT2D eigenvalue weighted by Gasteiger charge is -2.29. The molecular weight excluding hydrogens is 447 g/mol. The van der Waals surface area contributed by atoms with Gasteiger partial charge in [-0.3, -0.25) is 0 Å². The molecule has 32 heavy (non-hydrogen) atoms. The number of rotatable bonds is 8. The van der Waals surface area contributed by atoms with Crippen molar-refractivity contribution in [2.24, 2.45) is 0 Å². The second-order valence-electron chi connectivity index (χ2n) is 7.48. The summed E-state index contributed by atoms with van der Waals surface area (Å²) in [5.74, 6) is 1.35. The van der Waals surface area contributed by atoms with Crippen LogP contribution in [0.3, 0.4) is 0 Å². The number of methoxy groups -OCH3 is 1. The Hall–Kier alpha value is -2.60. The molecule has 0 unspecified atom stereocenters. The van der Waals surface area contributed by atoms with Crippen molar-refractivity contribution in [2.45, 2.75) is 13.2 Å². The number of ether oxygens (including phenoxy) is 3. The summed E-state index contributed by atoms with van der Waals surface area (Å²) in [6, 6.07) is 19.6. The molecule has 0 saturated carbocycles. The molecule has 3 aromatic rings. The van der Waals surface area contributed by atoms with Crippen LogP contribution >= 0.6 is 23.2 Å². The van der Waals surface area contributed by atoms with Crippen LogP contribution in [0.4, 0.5) is 11.4 Å². The fourth-order valence-electron chi connectivity index (χ4n) is 3.59. The van der Waals surface area contributed by atoms with E-state index in [0.717, 1.165) is 53.8 Å². The molecule has 0 spiro atoms. The van der Waals surface area contributed by atoms with Crippen molar-refractivity contribution >= 4 is 34.6 Å². The predicted octanol–water partition coefficient (Wildman–Crippen LogP) is 6.03. The fraction of sp³-hybridized carbons (Fsp3) is 0.280. The Labute approximate surface area is 198 Å². The molecule has 7 heteroatoms. The van der Waals surface area contributed by atoms with E-state index in [-0.39, 0.29) is 0 Å². The summed E-state index contributed by atoms with van der Waals surface area (Å²) in [4.78, 5) is 2.25. The van der Waals surface area contributed by atoms with Crippen LogP contribution in [0.1, 0.15) is 11.1 Å². The minimum atomic E-state index is 0.377. The lowest BCUT2D eigenvalue weighted by atomic mass is 10.2. The highest BCUT2D eigenvalue weighted by molar-refractivity contribution is 6.33. The summed E-state index contributed by atoms with van der Waals surface area (Å²) in [5, 5.41) is 4.85. The van der Waals surface area contributed by atoms with Crippen LogP contribution in [0.5, 0.6) is 11.5 Å². The molecule has 1 N–H and O–H groups in total. The minimum absolute atomic E-state index is 0.377. The maximum atomic E-state index is 6.54. The highest BCUT2D eigenvalue weighted by atomic mass is 35.5. The Morgan fingerprint density at radius 3 is 2.50 bits per heavy atom. The summed E-state index contributed by atoms with van der Waals surface area (Å²) in [6.07, 6.45) is 0. The van der Waals surface area contributed by atoms with Gasteiger partial charge in [-0.05, 0) is 42.0 Å². The van der Waals surface area contributed by atoms with E-state index in [0.29, 0.717) is 29.7 Å². The highest BCUT2D eigenvalue weighted by Gasteiger charge is 2.14. The fourth-order valence-corrected chi connectivity index (χ4v) is 4.08. The van der Waals surface area contributed by atoms with Gasteiger partial charge in [-0.25, -0.2) is 0 Å². The Kier molecular flexibility index (Phi) is 7.63. The molecule has 0 aromatic heterocycles. The Balaban J connectivity index is 1.38. The molecule has 1 aliphatic heterocycles. The molecule has 5 nitrogen and oxygen atoms in total. The number of nitrogens with one attached hydrogen (secondary N) is 1. The molecule has 1 heterocycles. The smallest absolute Gasteiger partial charge is 0.161 e. The molecule has 0 atom stereocenters. The standard InChI is InChI=1S/C25H26Cl2N2O3/c1-30-25-14-18(6-9-24(25)32-17-19-4-2-3-5-21(19)26)16-28-20-7-8-23(22(27)15-20)29-10-12-31-13-11-29/h2-9,14-15,28H,10-13,16-17H2,1H3. The minimum Gasteiger partial charge on any atom is -0.493 e. The number of hydrogen-bond donors (Lipinski definition) is 1. The molecule has 3 aromatic carbocycles. The predicted molar refractivity (Wildman–Crippen MR) is 131 cm³/mol. The van der Waals surface area contributed by atoms with E-state index in [9.17, 15) is 0 Å². The SMILES string of the molecule is COc1cc(CNc2ccc(N3CCOCC3)c(Cl)c2)ccc1OCc1ccccc1Cl. The molecule has 0 bridgehead atoms. The number of morpholine rings is 1. The largest absolute Gasteiger partial charge is 0.493 e. The first-order chi connectivity index (χ1) is 15.6. The summed E-state index contributed by atoms with van der Waals surface area (Å²) in [6.45, 7) is 4.19. The summed E-state index contributed by atoms with van der Waals surface area (Å²) < 4.78 is 16.9. The van der Waals surface area contributed by atoms with Crippen LogP contribution in [-0.4, -0.2) is 33.4 Å². The normalized spacial score (nSPS) is 13.7. The van der Waals surface area contributed by atoms with Crippen molar-refractivity contribution in [1.82, 2.24) is 0 Å². The van der Waals surface area contributed by atoms with Crippen molar-refractivity contribution in [3.05, 3.63) is 81.8 Å². The van der Waals surface area contributed by atoms with Crippen molar-refractivity contribution in [1.29, 1.82) is 0 Å². The van der Waals surface area contributed by atoms with Crippen molar-refractivity contribution in [2.75, 3.05) is 43.6 Å². The second kappa shape index (κ2) is 10.8. The van der Waals surface area contributed by atoms with E-state index in [1.165, 1.54) is 0 Å². The van der Waals surface area contributed by atoms with Gasteiger partial charge >= 0.3 is 0 Å². The third-order valence-corrected chi connectivity index (χ3v) is 6.04. The van der Waals surface area contributed by atoms with E-state index in [2.05, 4.69) is 22.3 Å². The van der Waals surface area contributed by atoms with E-state index < -0.39 is 0 Å². The summed E-state index contributed by atoms with van der Waals surface area (Å²) >= 11 is 12.8. The first-order valence-corrected chi connectivity index (χ1v) is 11.3. The lowest BCUT2D eigenvalue weighted by molar-refractivity contribution is 0.122. The Bertz CT molecular complexity index is 1060. The van der Waals surface area contributed by atoms with Crippen LogP contribution in [-0.2, 0) is 17.9 Å². The van der Waals surface area contributed by atoms with Crippen molar-refractivity contribution < 1.29 is 14.2 Å². The third kappa shape index (κ3) is 5.60. The number of anilines is 2. The first kappa shape index (κ1) is 22.6. The van der Waals surface area contributed by atoms with Gasteiger partial charge in [0.05, 0.1) is 31.0 Å². The quantitative estimate of drug-likeness (QED) is 0.433. The van der Waals surface area contributed by atoms with E-state index in [1.54, 1.807) is 7.11 Å². The van der Waals surface area contributed by atoms with Gasteiger partial charge in [0, 0.05) is 35.9 Å². The van der Waals surface area contributed by atoms with Gasteiger partial charge in [-0.15, -0.1) is 0 Å². The highest BCUT2D eigenvalue weighted by Crippen LogP contribution is 2.32. The number of benzene rings is 3. The zero-order chi connectivity index (χ0) is 22.3. The van der Waals surface area contributed by atoms with Gasteiger partial charge < -0.3 is 24.4 Å². The van der Waals surface area contributed by atoms with Gasteiger partial charge in [-0.1, -0.05) is 47.5 Å². The number of halogens is 2. The monoisotopic (exact) mass is 472 g/mol. The van der Waals surface area contributed by atoms with Crippen LogP contribution < -0.4 is 19.7 Å². The third-order valence-electron chi connectivity index (χ3n) is 5.37. The average Bonchev–Trinajstić information content (AvgIpc) is 2.83. The van der Waals surface area contributed by atoms with Crippen LogP contribution in [0.15, 0.2) is 60.7 Å². The van der Waals surface area contributed by atoms with Crippen LogP contribution in [0.2, 0.25) is 10.0 Å². The first-order valence-electron chi connectivity index (χ1n) is 10.5. The zero-order valence-corrected chi connectivity index (χ0v) is 19.5. The van der Waals surface area contributed by atoms with E-state index in [4.69, 9.17) is 37.4 Å². The summed E-state index contributed by atoms with van der Waals surface area (Å²) in [7, 11) is 1.64. The Morgan fingerprint density at radius 2 is 1.75 bits per heavy atom. The molecule has 0 amide bonds. The molecule has 1 aliphatic rings. The van der Waals surface area contributed by atoms with Crippen molar-refractivity contribution in [3.8, 4) is 11.5 Å². The topological polar surface area (TPSA) is 43.0 Å².